The maximum atomic E-state index is 8.37. The summed E-state index contributed by atoms with van der Waals surface area (Å²) < 4.78 is 1.81. The Bertz CT molecular complexity index is 45.7. The van der Waals surface area contributed by atoms with Crippen molar-refractivity contribution in [3.05, 3.63) is 0 Å². The molecular formula is C5H13NOS. The first-order valence-electron chi connectivity index (χ1n) is 2.86. The number of aliphatic hydroxyl groups excluding tert-OH is 1. The Labute approximate surface area is 56.0 Å². The van der Waals surface area contributed by atoms with Gasteiger partial charge in [-0.05, 0) is 6.42 Å². The summed E-state index contributed by atoms with van der Waals surface area (Å²) in [4.78, 5) is 0. The van der Waals surface area contributed by atoms with Crippen LogP contribution in [-0.2, 0) is 0 Å². The van der Waals surface area contributed by atoms with Gasteiger partial charge in [-0.25, -0.2) is 0 Å². The van der Waals surface area contributed by atoms with E-state index in [0.29, 0.717) is 6.54 Å². The molecule has 0 aromatic rings. The van der Waals surface area contributed by atoms with Crippen LogP contribution >= 0.6 is 12.8 Å². The Balaban J connectivity index is 2.92. The van der Waals surface area contributed by atoms with Crippen molar-refractivity contribution in [2.75, 3.05) is 19.7 Å². The molecule has 3 heteroatoms. The van der Waals surface area contributed by atoms with Crippen LogP contribution < -0.4 is 0 Å². The van der Waals surface area contributed by atoms with Crippen LogP contribution in [0.25, 0.3) is 0 Å². The zero-order valence-electron chi connectivity index (χ0n) is 5.17. The Hall–Kier alpha value is 0.270. The Kier molecular flexibility index (Phi) is 5.59. The van der Waals surface area contributed by atoms with E-state index in [0.717, 1.165) is 13.0 Å². The van der Waals surface area contributed by atoms with Crippen LogP contribution in [0.5, 0.6) is 0 Å². The molecule has 0 aromatic carbocycles. The van der Waals surface area contributed by atoms with Crippen molar-refractivity contribution in [3.63, 3.8) is 0 Å². The van der Waals surface area contributed by atoms with Crippen LogP contribution in [0, 0.1) is 0 Å². The monoisotopic (exact) mass is 135 g/mol. The zero-order chi connectivity index (χ0) is 6.41. The number of thiol groups is 1. The molecule has 0 amide bonds. The highest BCUT2D eigenvalue weighted by atomic mass is 32.1. The van der Waals surface area contributed by atoms with Crippen molar-refractivity contribution in [1.29, 1.82) is 0 Å². The standard InChI is InChI=1S/C5H13NOS/c1-2-3-6(8)4-5-7/h7-8H,2-5H2,1H3. The third kappa shape index (κ3) is 4.43. The van der Waals surface area contributed by atoms with Crippen LogP contribution in [0.4, 0.5) is 0 Å². The van der Waals surface area contributed by atoms with E-state index < -0.39 is 0 Å². The molecule has 0 saturated carbocycles. The second-order valence-electron chi connectivity index (χ2n) is 1.68. The number of aliphatic hydroxyl groups is 1. The van der Waals surface area contributed by atoms with Gasteiger partial charge in [-0.3, -0.25) is 4.31 Å². The average molecular weight is 135 g/mol. The molecule has 0 bridgehead atoms. The fraction of sp³-hybridized carbons (Fsp3) is 1.00. The maximum absolute atomic E-state index is 8.37. The van der Waals surface area contributed by atoms with Gasteiger partial charge in [0.15, 0.2) is 0 Å². The molecule has 0 unspecified atom stereocenters. The van der Waals surface area contributed by atoms with E-state index in [1.165, 1.54) is 0 Å². The molecule has 0 aliphatic heterocycles. The van der Waals surface area contributed by atoms with Crippen molar-refractivity contribution in [2.45, 2.75) is 13.3 Å². The zero-order valence-corrected chi connectivity index (χ0v) is 6.06. The smallest absolute Gasteiger partial charge is 0.0567 e. The quantitative estimate of drug-likeness (QED) is 0.549. The van der Waals surface area contributed by atoms with Gasteiger partial charge >= 0.3 is 0 Å². The number of rotatable bonds is 4. The van der Waals surface area contributed by atoms with Crippen molar-refractivity contribution >= 4 is 12.8 Å². The molecule has 0 heterocycles. The van der Waals surface area contributed by atoms with Gasteiger partial charge in [0.05, 0.1) is 6.61 Å². The third-order valence-electron chi connectivity index (χ3n) is 0.840. The van der Waals surface area contributed by atoms with Crippen LogP contribution in [0.3, 0.4) is 0 Å². The minimum atomic E-state index is 0.198. The van der Waals surface area contributed by atoms with E-state index in [1.54, 1.807) is 4.31 Å². The summed E-state index contributed by atoms with van der Waals surface area (Å²) in [6.45, 7) is 3.89. The second-order valence-corrected chi connectivity index (χ2v) is 2.24. The minimum Gasteiger partial charge on any atom is -0.395 e. The minimum absolute atomic E-state index is 0.198. The Morgan fingerprint density at radius 2 is 2.12 bits per heavy atom. The number of hydrogen-bond donors (Lipinski definition) is 2. The molecule has 0 radical (unpaired) electrons. The molecule has 0 aliphatic rings. The van der Waals surface area contributed by atoms with Crippen molar-refractivity contribution in [3.8, 4) is 0 Å². The molecule has 0 rings (SSSR count). The van der Waals surface area contributed by atoms with E-state index in [2.05, 4.69) is 19.7 Å². The molecular weight excluding hydrogens is 122 g/mol. The SMILES string of the molecule is CCCN(S)CCO. The van der Waals surface area contributed by atoms with E-state index in [9.17, 15) is 0 Å². The summed E-state index contributed by atoms with van der Waals surface area (Å²) in [6, 6.07) is 0. The Morgan fingerprint density at radius 1 is 1.50 bits per heavy atom. The molecule has 0 aromatic heterocycles. The lowest BCUT2D eigenvalue weighted by Crippen LogP contribution is -2.16. The predicted molar refractivity (Wildman–Crippen MR) is 37.9 cm³/mol. The van der Waals surface area contributed by atoms with Gasteiger partial charge in [0.2, 0.25) is 0 Å². The second kappa shape index (κ2) is 5.41. The fourth-order valence-corrected chi connectivity index (χ4v) is 0.775. The van der Waals surface area contributed by atoms with Crippen LogP contribution in [-0.4, -0.2) is 29.1 Å². The van der Waals surface area contributed by atoms with Crippen LogP contribution in [0.15, 0.2) is 0 Å². The summed E-state index contributed by atoms with van der Waals surface area (Å²) in [5.41, 5.74) is 0. The largest absolute Gasteiger partial charge is 0.395 e. The van der Waals surface area contributed by atoms with Gasteiger partial charge in [-0.15, -0.1) is 0 Å². The van der Waals surface area contributed by atoms with Gasteiger partial charge in [-0.1, -0.05) is 19.7 Å². The fourth-order valence-electron chi connectivity index (χ4n) is 0.485. The van der Waals surface area contributed by atoms with Crippen molar-refractivity contribution in [1.82, 2.24) is 4.31 Å². The maximum Gasteiger partial charge on any atom is 0.0567 e. The van der Waals surface area contributed by atoms with E-state index >= 15 is 0 Å². The van der Waals surface area contributed by atoms with Gasteiger partial charge in [0.25, 0.3) is 0 Å². The summed E-state index contributed by atoms with van der Waals surface area (Å²) in [5, 5.41) is 8.37. The average Bonchev–Trinajstić information content (AvgIpc) is 1.68. The first-order valence-corrected chi connectivity index (χ1v) is 3.26. The first-order chi connectivity index (χ1) is 3.81. The van der Waals surface area contributed by atoms with Gasteiger partial charge in [0, 0.05) is 13.1 Å². The molecule has 1 N–H and O–H groups in total. The molecule has 0 atom stereocenters. The van der Waals surface area contributed by atoms with E-state index in [1.807, 2.05) is 0 Å². The molecule has 50 valence electrons. The van der Waals surface area contributed by atoms with Gasteiger partial charge in [-0.2, -0.15) is 0 Å². The highest BCUT2D eigenvalue weighted by Gasteiger charge is 1.92. The number of hydrogen-bond acceptors (Lipinski definition) is 3. The summed E-state index contributed by atoms with van der Waals surface area (Å²) in [7, 11) is 0. The normalized spacial score (nSPS) is 10.5. The molecule has 0 spiro atoms. The molecule has 2 nitrogen and oxygen atoms in total. The highest BCUT2D eigenvalue weighted by Crippen LogP contribution is 1.92. The summed E-state index contributed by atoms with van der Waals surface area (Å²) in [6.07, 6.45) is 1.09. The lowest BCUT2D eigenvalue weighted by atomic mass is 10.5. The van der Waals surface area contributed by atoms with E-state index in [-0.39, 0.29) is 6.61 Å². The number of nitrogens with zero attached hydrogens (tertiary/aromatic N) is 1. The Morgan fingerprint density at radius 3 is 2.50 bits per heavy atom. The molecule has 8 heavy (non-hydrogen) atoms. The lowest BCUT2D eigenvalue weighted by molar-refractivity contribution is 0.263. The third-order valence-corrected chi connectivity index (χ3v) is 1.24. The van der Waals surface area contributed by atoms with Crippen LogP contribution in [0.2, 0.25) is 0 Å². The van der Waals surface area contributed by atoms with Crippen LogP contribution in [0.1, 0.15) is 13.3 Å². The first kappa shape index (κ1) is 8.27. The van der Waals surface area contributed by atoms with Crippen molar-refractivity contribution in [2.24, 2.45) is 0 Å². The molecule has 0 saturated heterocycles. The van der Waals surface area contributed by atoms with Gasteiger partial charge in [0.1, 0.15) is 0 Å². The summed E-state index contributed by atoms with van der Waals surface area (Å²) >= 11 is 4.06. The van der Waals surface area contributed by atoms with Crippen molar-refractivity contribution < 1.29 is 5.11 Å². The van der Waals surface area contributed by atoms with Gasteiger partial charge < -0.3 is 5.11 Å². The summed E-state index contributed by atoms with van der Waals surface area (Å²) in [5.74, 6) is 0. The topological polar surface area (TPSA) is 23.5 Å². The lowest BCUT2D eigenvalue weighted by Gasteiger charge is -2.10. The van der Waals surface area contributed by atoms with E-state index in [4.69, 9.17) is 5.11 Å². The molecule has 0 fully saturated rings. The highest BCUT2D eigenvalue weighted by molar-refractivity contribution is 7.77. The predicted octanol–water partition coefficient (Wildman–Crippen LogP) is 0.535. The molecule has 0 aliphatic carbocycles.